The zero-order valence-corrected chi connectivity index (χ0v) is 9.90. The Morgan fingerprint density at radius 2 is 2.00 bits per heavy atom. The third kappa shape index (κ3) is 2.44. The van der Waals surface area contributed by atoms with E-state index in [2.05, 4.69) is 5.10 Å². The Hall–Kier alpha value is -2.31. The molecule has 2 N–H and O–H groups in total. The number of carbonyl (C=O) groups is 1. The summed E-state index contributed by atoms with van der Waals surface area (Å²) in [6.07, 6.45) is -3.96. The Morgan fingerprint density at radius 1 is 1.32 bits per heavy atom. The molecule has 19 heavy (non-hydrogen) atoms. The van der Waals surface area contributed by atoms with Gasteiger partial charge in [0, 0.05) is 5.56 Å². The second kappa shape index (κ2) is 4.42. The summed E-state index contributed by atoms with van der Waals surface area (Å²) in [7, 11) is 0. The van der Waals surface area contributed by atoms with E-state index in [0.717, 1.165) is 10.7 Å². The highest BCUT2D eigenvalue weighted by Gasteiger charge is 2.36. The summed E-state index contributed by atoms with van der Waals surface area (Å²) in [4.78, 5) is 10.6. The number of carbonyl (C=O) groups excluding carboxylic acids is 1. The Morgan fingerprint density at radius 3 is 2.53 bits per heavy atom. The van der Waals surface area contributed by atoms with Gasteiger partial charge in [-0.3, -0.25) is 4.79 Å². The molecule has 0 bridgehead atoms. The minimum atomic E-state index is -4.53. The Labute approximate surface area is 106 Å². The molecule has 4 nitrogen and oxygen atoms in total. The van der Waals surface area contributed by atoms with Crippen LogP contribution in [0.15, 0.2) is 24.3 Å². The predicted molar refractivity (Wildman–Crippen MR) is 63.1 cm³/mol. The van der Waals surface area contributed by atoms with Gasteiger partial charge < -0.3 is 5.73 Å². The Bertz CT molecular complexity index is 632. The molecule has 0 radical (unpaired) electrons. The quantitative estimate of drug-likeness (QED) is 0.673. The molecule has 0 aliphatic carbocycles. The van der Waals surface area contributed by atoms with Crippen LogP contribution >= 0.6 is 0 Å². The van der Waals surface area contributed by atoms with Crippen molar-refractivity contribution in [3.63, 3.8) is 0 Å². The number of aromatic nitrogens is 2. The van der Waals surface area contributed by atoms with E-state index >= 15 is 0 Å². The molecule has 0 fully saturated rings. The van der Waals surface area contributed by atoms with Crippen molar-refractivity contribution >= 4 is 12.0 Å². The summed E-state index contributed by atoms with van der Waals surface area (Å²) < 4.78 is 39.3. The van der Waals surface area contributed by atoms with Crippen molar-refractivity contribution in [2.24, 2.45) is 0 Å². The van der Waals surface area contributed by atoms with Gasteiger partial charge >= 0.3 is 6.18 Å². The highest BCUT2D eigenvalue weighted by molar-refractivity contribution is 5.78. The van der Waals surface area contributed by atoms with Crippen LogP contribution < -0.4 is 5.73 Å². The molecule has 100 valence electrons. The van der Waals surface area contributed by atoms with Gasteiger partial charge in [-0.15, -0.1) is 0 Å². The van der Waals surface area contributed by atoms with E-state index in [0.29, 0.717) is 11.8 Å². The largest absolute Gasteiger partial charge is 0.433 e. The second-order valence-corrected chi connectivity index (χ2v) is 4.02. The maximum Gasteiger partial charge on any atom is 0.433 e. The van der Waals surface area contributed by atoms with Crippen LogP contribution in [-0.4, -0.2) is 16.1 Å². The van der Waals surface area contributed by atoms with Gasteiger partial charge in [-0.25, -0.2) is 4.68 Å². The van der Waals surface area contributed by atoms with Gasteiger partial charge in [-0.2, -0.15) is 18.3 Å². The number of anilines is 1. The van der Waals surface area contributed by atoms with Crippen LogP contribution in [0.25, 0.3) is 5.69 Å². The number of hydrogen-bond donors (Lipinski definition) is 1. The molecule has 0 unspecified atom stereocenters. The van der Waals surface area contributed by atoms with Crippen molar-refractivity contribution in [2.45, 2.75) is 13.1 Å². The Kier molecular flexibility index (Phi) is 3.05. The van der Waals surface area contributed by atoms with Crippen LogP contribution in [0.4, 0.5) is 18.9 Å². The number of aldehydes is 1. The highest BCUT2D eigenvalue weighted by Crippen LogP contribution is 2.32. The lowest BCUT2D eigenvalue weighted by Crippen LogP contribution is -2.14. The molecule has 2 rings (SSSR count). The molecule has 2 aromatic rings. The lowest BCUT2D eigenvalue weighted by molar-refractivity contribution is -0.142. The van der Waals surface area contributed by atoms with Crippen molar-refractivity contribution < 1.29 is 18.0 Å². The number of halogens is 3. The van der Waals surface area contributed by atoms with Crippen molar-refractivity contribution in [2.75, 3.05) is 5.73 Å². The van der Waals surface area contributed by atoms with Crippen LogP contribution in [0, 0.1) is 6.92 Å². The topological polar surface area (TPSA) is 60.9 Å². The molecular formula is C12H10F3N3O. The van der Waals surface area contributed by atoms with Gasteiger partial charge in [-0.1, -0.05) is 0 Å². The molecule has 1 heterocycles. The fraction of sp³-hybridized carbons (Fsp3) is 0.167. The van der Waals surface area contributed by atoms with E-state index < -0.39 is 11.9 Å². The van der Waals surface area contributed by atoms with E-state index in [1.54, 1.807) is 0 Å². The molecule has 0 aliphatic heterocycles. The van der Waals surface area contributed by atoms with E-state index in [4.69, 9.17) is 5.73 Å². The third-order valence-electron chi connectivity index (χ3n) is 2.54. The minimum Gasteiger partial charge on any atom is -0.397 e. The lowest BCUT2D eigenvalue weighted by Gasteiger charge is -2.12. The summed E-state index contributed by atoms with van der Waals surface area (Å²) in [5.41, 5.74) is 5.42. The molecule has 1 aromatic heterocycles. The zero-order valence-electron chi connectivity index (χ0n) is 9.90. The molecule has 7 heteroatoms. The first-order chi connectivity index (χ1) is 8.82. The van der Waals surface area contributed by atoms with E-state index in [9.17, 15) is 18.0 Å². The first-order valence-corrected chi connectivity index (χ1v) is 5.32. The van der Waals surface area contributed by atoms with E-state index in [-0.39, 0.29) is 17.1 Å². The summed E-state index contributed by atoms with van der Waals surface area (Å²) >= 11 is 0. The highest BCUT2D eigenvalue weighted by atomic mass is 19.4. The normalized spacial score (nSPS) is 11.6. The van der Waals surface area contributed by atoms with Crippen LogP contribution in [0.5, 0.6) is 0 Å². The average molecular weight is 269 g/mol. The second-order valence-electron chi connectivity index (χ2n) is 4.02. The smallest absolute Gasteiger partial charge is 0.397 e. The van der Waals surface area contributed by atoms with E-state index in [1.165, 1.54) is 25.1 Å². The summed E-state index contributed by atoms with van der Waals surface area (Å²) in [5.74, 6) is 0. The van der Waals surface area contributed by atoms with Gasteiger partial charge in [-0.05, 0) is 31.2 Å². The van der Waals surface area contributed by atoms with Crippen LogP contribution in [0.2, 0.25) is 0 Å². The molecule has 0 atom stereocenters. The molecular weight excluding hydrogens is 259 g/mol. The molecule has 1 aromatic carbocycles. The van der Waals surface area contributed by atoms with Gasteiger partial charge in [0.05, 0.1) is 17.1 Å². The first-order valence-electron chi connectivity index (χ1n) is 5.32. The number of nitrogen functional groups attached to an aromatic ring is 1. The minimum absolute atomic E-state index is 0.0539. The monoisotopic (exact) mass is 269 g/mol. The fourth-order valence-electron chi connectivity index (χ4n) is 1.72. The third-order valence-corrected chi connectivity index (χ3v) is 2.54. The fourth-order valence-corrected chi connectivity index (χ4v) is 1.72. The van der Waals surface area contributed by atoms with Crippen molar-refractivity contribution in [1.29, 1.82) is 0 Å². The zero-order chi connectivity index (χ0) is 14.2. The maximum absolute atomic E-state index is 12.9. The number of rotatable bonds is 2. The molecule has 0 aliphatic rings. The Balaban J connectivity index is 2.62. The SMILES string of the molecule is Cc1cc(C(F)(F)F)n(-c2ccc(C=O)cc2N)n1. The van der Waals surface area contributed by atoms with Crippen molar-refractivity contribution in [1.82, 2.24) is 9.78 Å². The van der Waals surface area contributed by atoms with Crippen molar-refractivity contribution in [3.05, 3.63) is 41.2 Å². The molecule has 0 amide bonds. The van der Waals surface area contributed by atoms with Crippen LogP contribution in [-0.2, 0) is 6.18 Å². The first kappa shape index (κ1) is 13.1. The van der Waals surface area contributed by atoms with Gasteiger partial charge in [0.25, 0.3) is 0 Å². The number of nitrogens with two attached hydrogens (primary N) is 1. The number of benzene rings is 1. The summed E-state index contributed by atoms with van der Waals surface area (Å²) in [6, 6.07) is 4.96. The molecule has 0 saturated carbocycles. The van der Waals surface area contributed by atoms with Crippen LogP contribution in [0.1, 0.15) is 21.7 Å². The van der Waals surface area contributed by atoms with E-state index in [1.807, 2.05) is 0 Å². The standard InChI is InChI=1S/C12H10F3N3O/c1-7-4-11(12(13,14)15)18(17-7)10-3-2-8(6-19)5-9(10)16/h2-6H,16H2,1H3. The number of hydrogen-bond acceptors (Lipinski definition) is 3. The van der Waals surface area contributed by atoms with Crippen LogP contribution in [0.3, 0.4) is 0 Å². The summed E-state index contributed by atoms with van der Waals surface area (Å²) in [5, 5.41) is 3.79. The van der Waals surface area contributed by atoms with Crippen molar-refractivity contribution in [3.8, 4) is 5.69 Å². The van der Waals surface area contributed by atoms with Gasteiger partial charge in [0.1, 0.15) is 12.0 Å². The van der Waals surface area contributed by atoms with Gasteiger partial charge in [0.2, 0.25) is 0 Å². The lowest BCUT2D eigenvalue weighted by atomic mass is 10.2. The van der Waals surface area contributed by atoms with Gasteiger partial charge in [0.15, 0.2) is 0 Å². The maximum atomic E-state index is 12.9. The number of nitrogens with zero attached hydrogens (tertiary/aromatic N) is 2. The molecule has 0 saturated heterocycles. The number of aryl methyl sites for hydroxylation is 1. The number of alkyl halides is 3. The predicted octanol–water partition coefficient (Wildman–Crippen LogP) is 2.59. The molecule has 0 spiro atoms. The average Bonchev–Trinajstić information content (AvgIpc) is 2.70. The summed E-state index contributed by atoms with van der Waals surface area (Å²) in [6.45, 7) is 1.46.